The summed E-state index contributed by atoms with van der Waals surface area (Å²) in [5.41, 5.74) is 7.32. The van der Waals surface area contributed by atoms with Gasteiger partial charge in [0.05, 0.1) is 5.92 Å². The second-order valence-corrected chi connectivity index (χ2v) is 6.46. The number of carbonyl (C=O) groups is 4. The molecule has 2 rings (SSSR count). The van der Waals surface area contributed by atoms with E-state index in [0.717, 1.165) is 0 Å². The molecule has 11 nitrogen and oxygen atoms in total. The van der Waals surface area contributed by atoms with Crippen molar-refractivity contribution in [2.75, 3.05) is 6.54 Å². The van der Waals surface area contributed by atoms with E-state index in [4.69, 9.17) is 11.5 Å². The number of nitrogens with zero attached hydrogens (tertiary/aromatic N) is 1. The quantitative estimate of drug-likeness (QED) is 0.344. The molecule has 0 aromatic rings. The number of carboxylic acids is 3. The molecule has 0 aromatic carbocycles. The molecule has 1 saturated carbocycles. The minimum atomic E-state index is -2.17. The highest BCUT2D eigenvalue weighted by Gasteiger charge is 2.65. The van der Waals surface area contributed by atoms with Gasteiger partial charge in [0.25, 0.3) is 0 Å². The fraction of sp³-hybridized carbons (Fsp3) is 0.692. The molecule has 8 N–H and O–H groups in total. The molecule has 24 heavy (non-hydrogen) atoms. The first-order chi connectivity index (χ1) is 11.0. The maximum atomic E-state index is 11.9. The van der Waals surface area contributed by atoms with E-state index in [1.54, 1.807) is 0 Å². The van der Waals surface area contributed by atoms with Crippen molar-refractivity contribution in [3.05, 3.63) is 0 Å². The Labute approximate surface area is 135 Å². The molecule has 2 fully saturated rings. The molecule has 0 spiro atoms. The molecule has 1 aliphatic heterocycles. The Kier molecular flexibility index (Phi) is 4.19. The third-order valence-corrected chi connectivity index (χ3v) is 5.17. The van der Waals surface area contributed by atoms with Crippen LogP contribution in [0.3, 0.4) is 0 Å². The summed E-state index contributed by atoms with van der Waals surface area (Å²) < 4.78 is 0. The predicted octanol–water partition coefficient (Wildman–Crippen LogP) is -1.59. The van der Waals surface area contributed by atoms with E-state index in [9.17, 15) is 39.6 Å². The normalized spacial score (nSPS) is 38.9. The van der Waals surface area contributed by atoms with Crippen LogP contribution < -0.4 is 11.5 Å². The van der Waals surface area contributed by atoms with Crippen molar-refractivity contribution in [3.8, 4) is 0 Å². The molecular formula is C13H19N3O8. The summed E-state index contributed by atoms with van der Waals surface area (Å²) in [6.45, 7) is -0.236. The highest BCUT2D eigenvalue weighted by Crippen LogP contribution is 2.49. The molecule has 5 atom stereocenters. The first-order valence-corrected chi connectivity index (χ1v) is 7.21. The van der Waals surface area contributed by atoms with Gasteiger partial charge in [-0.1, -0.05) is 0 Å². The van der Waals surface area contributed by atoms with E-state index in [0.29, 0.717) is 4.90 Å². The van der Waals surface area contributed by atoms with Crippen molar-refractivity contribution < 1.29 is 39.6 Å². The monoisotopic (exact) mass is 345 g/mol. The van der Waals surface area contributed by atoms with E-state index in [1.807, 2.05) is 0 Å². The minimum absolute atomic E-state index is 0.235. The van der Waals surface area contributed by atoms with Crippen molar-refractivity contribution >= 4 is 24.0 Å². The molecule has 134 valence electrons. The second-order valence-electron chi connectivity index (χ2n) is 6.46. The van der Waals surface area contributed by atoms with Gasteiger partial charge in [0.2, 0.25) is 0 Å². The standard InChI is InChI=1S/C13H19N3O8/c14-6-3-13(10(21)22,16(4-6)11(23)24)5-1-7(8(17)18)12(15,2-5)9(19)20/h5-7H,1-4,14-15H2,(H,17,18)(H,19,20)(H,21,22)(H,23,24). The number of likely N-dealkylation sites (tertiary alicyclic amines) is 1. The summed E-state index contributed by atoms with van der Waals surface area (Å²) in [6.07, 6.45) is -2.58. The van der Waals surface area contributed by atoms with Gasteiger partial charge < -0.3 is 31.9 Å². The molecule has 1 amide bonds. The number of nitrogens with two attached hydrogens (primary N) is 2. The summed E-state index contributed by atoms with van der Waals surface area (Å²) in [5.74, 6) is -7.12. The van der Waals surface area contributed by atoms with Gasteiger partial charge in [-0.15, -0.1) is 0 Å². The van der Waals surface area contributed by atoms with Crippen LogP contribution in [0.1, 0.15) is 19.3 Å². The highest BCUT2D eigenvalue weighted by molar-refractivity contribution is 5.90. The largest absolute Gasteiger partial charge is 0.481 e. The van der Waals surface area contributed by atoms with Gasteiger partial charge in [-0.3, -0.25) is 14.5 Å². The average molecular weight is 345 g/mol. The molecule has 1 aliphatic carbocycles. The maximum absolute atomic E-state index is 11.9. The number of hydrogen-bond acceptors (Lipinski definition) is 6. The molecule has 2 aliphatic rings. The minimum Gasteiger partial charge on any atom is -0.481 e. The van der Waals surface area contributed by atoms with E-state index < -0.39 is 59.4 Å². The van der Waals surface area contributed by atoms with Crippen LogP contribution in [-0.2, 0) is 14.4 Å². The molecule has 5 unspecified atom stereocenters. The SMILES string of the molecule is NC1CN(C(=O)O)C(C(=O)O)(C2CC(C(=O)O)C(N)(C(=O)O)C2)C1. The first kappa shape index (κ1) is 17.9. The Balaban J connectivity index is 2.51. The van der Waals surface area contributed by atoms with E-state index in [1.165, 1.54) is 0 Å². The summed E-state index contributed by atoms with van der Waals surface area (Å²) in [7, 11) is 0. The zero-order valence-electron chi connectivity index (χ0n) is 12.6. The van der Waals surface area contributed by atoms with E-state index >= 15 is 0 Å². The number of hydrogen-bond donors (Lipinski definition) is 6. The number of amides is 1. The van der Waals surface area contributed by atoms with E-state index in [-0.39, 0.29) is 19.4 Å². The topological polar surface area (TPSA) is 204 Å². The van der Waals surface area contributed by atoms with Crippen molar-refractivity contribution in [3.63, 3.8) is 0 Å². The van der Waals surface area contributed by atoms with Crippen LogP contribution in [0.25, 0.3) is 0 Å². The Morgan fingerprint density at radius 3 is 1.96 bits per heavy atom. The lowest BCUT2D eigenvalue weighted by molar-refractivity contribution is -0.154. The Bertz CT molecular complexity index is 610. The molecule has 1 saturated heterocycles. The average Bonchev–Trinajstić information content (AvgIpc) is 2.98. The summed E-state index contributed by atoms with van der Waals surface area (Å²) in [5, 5.41) is 37.6. The summed E-state index contributed by atoms with van der Waals surface area (Å²) in [4.78, 5) is 46.9. The summed E-state index contributed by atoms with van der Waals surface area (Å²) in [6, 6.07) is -0.752. The van der Waals surface area contributed by atoms with Gasteiger partial charge in [-0.2, -0.15) is 0 Å². The maximum Gasteiger partial charge on any atom is 0.408 e. The predicted molar refractivity (Wildman–Crippen MR) is 76.1 cm³/mol. The zero-order chi connectivity index (χ0) is 18.4. The van der Waals surface area contributed by atoms with Gasteiger partial charge in [-0.05, 0) is 25.2 Å². The smallest absolute Gasteiger partial charge is 0.408 e. The molecule has 1 heterocycles. The Morgan fingerprint density at radius 1 is 1.00 bits per heavy atom. The fourth-order valence-corrected chi connectivity index (χ4v) is 4.03. The van der Waals surface area contributed by atoms with Gasteiger partial charge in [-0.25, -0.2) is 9.59 Å². The van der Waals surface area contributed by atoms with Gasteiger partial charge in [0.1, 0.15) is 11.1 Å². The fourth-order valence-electron chi connectivity index (χ4n) is 4.03. The van der Waals surface area contributed by atoms with Crippen molar-refractivity contribution in [2.45, 2.75) is 36.4 Å². The zero-order valence-corrected chi connectivity index (χ0v) is 12.6. The lowest BCUT2D eigenvalue weighted by Crippen LogP contribution is -2.58. The van der Waals surface area contributed by atoms with Gasteiger partial charge in [0, 0.05) is 12.6 Å². The van der Waals surface area contributed by atoms with Crippen LogP contribution in [-0.4, -0.2) is 73.0 Å². The van der Waals surface area contributed by atoms with Gasteiger partial charge >= 0.3 is 24.0 Å². The molecule has 0 radical (unpaired) electrons. The van der Waals surface area contributed by atoms with Crippen LogP contribution in [0.2, 0.25) is 0 Å². The second kappa shape index (κ2) is 5.60. The lowest BCUT2D eigenvalue weighted by atomic mass is 9.78. The van der Waals surface area contributed by atoms with Crippen molar-refractivity contribution in [1.82, 2.24) is 4.90 Å². The van der Waals surface area contributed by atoms with E-state index in [2.05, 4.69) is 0 Å². The van der Waals surface area contributed by atoms with Gasteiger partial charge in [0.15, 0.2) is 0 Å². The summed E-state index contributed by atoms with van der Waals surface area (Å²) >= 11 is 0. The lowest BCUT2D eigenvalue weighted by Gasteiger charge is -2.38. The third-order valence-electron chi connectivity index (χ3n) is 5.17. The Morgan fingerprint density at radius 2 is 1.58 bits per heavy atom. The molecule has 11 heteroatoms. The van der Waals surface area contributed by atoms with Crippen LogP contribution >= 0.6 is 0 Å². The van der Waals surface area contributed by atoms with Crippen LogP contribution in [0.15, 0.2) is 0 Å². The molecule has 0 bridgehead atoms. The first-order valence-electron chi connectivity index (χ1n) is 7.21. The van der Waals surface area contributed by atoms with Crippen LogP contribution in [0, 0.1) is 11.8 Å². The third kappa shape index (κ3) is 2.36. The molecule has 0 aromatic heterocycles. The van der Waals surface area contributed by atoms with Crippen molar-refractivity contribution in [1.29, 1.82) is 0 Å². The molecular weight excluding hydrogens is 326 g/mol. The highest BCUT2D eigenvalue weighted by atomic mass is 16.4. The number of aliphatic carboxylic acids is 3. The Hall–Kier alpha value is -2.40. The van der Waals surface area contributed by atoms with Crippen LogP contribution in [0.5, 0.6) is 0 Å². The van der Waals surface area contributed by atoms with Crippen molar-refractivity contribution in [2.24, 2.45) is 23.3 Å². The number of rotatable bonds is 4. The van der Waals surface area contributed by atoms with Crippen LogP contribution in [0.4, 0.5) is 4.79 Å². The number of carboxylic acid groups (broad SMARTS) is 4.